The van der Waals surface area contributed by atoms with E-state index >= 15 is 0 Å². The molecule has 1 aliphatic heterocycles. The fourth-order valence-electron chi connectivity index (χ4n) is 3.51. The van der Waals surface area contributed by atoms with Crippen molar-refractivity contribution >= 4 is 15.7 Å². The van der Waals surface area contributed by atoms with Gasteiger partial charge in [0.05, 0.1) is 11.5 Å². The third kappa shape index (κ3) is 4.73. The number of hydrogen-bond donors (Lipinski definition) is 0. The lowest BCUT2D eigenvalue weighted by Gasteiger charge is -2.31. The van der Waals surface area contributed by atoms with Crippen LogP contribution in [0.2, 0.25) is 0 Å². The number of carbonyl (C=O) groups excluding carboxylic acids is 1. The lowest BCUT2D eigenvalue weighted by Crippen LogP contribution is -2.46. The highest BCUT2D eigenvalue weighted by Crippen LogP contribution is 2.25. The zero-order valence-corrected chi connectivity index (χ0v) is 17.4. The van der Waals surface area contributed by atoms with Crippen LogP contribution in [-0.4, -0.2) is 42.9 Å². The fraction of sp³-hybridized carbons (Fsp3) is 0.409. The number of carbonyl (C=O) groups is 1. The van der Waals surface area contributed by atoms with E-state index < -0.39 is 15.9 Å². The highest BCUT2D eigenvalue weighted by molar-refractivity contribution is 7.91. The van der Waals surface area contributed by atoms with E-state index in [1.54, 1.807) is 11.8 Å². The zero-order chi connectivity index (χ0) is 20.3. The van der Waals surface area contributed by atoms with E-state index in [-0.39, 0.29) is 23.5 Å². The van der Waals surface area contributed by atoms with Gasteiger partial charge in [-0.15, -0.1) is 0 Å². The first-order chi connectivity index (χ1) is 13.3. The second-order valence-corrected chi connectivity index (χ2v) is 9.70. The van der Waals surface area contributed by atoms with E-state index in [9.17, 15) is 13.2 Å². The maximum absolute atomic E-state index is 13.3. The van der Waals surface area contributed by atoms with Gasteiger partial charge in [-0.05, 0) is 49.9 Å². The molecule has 1 saturated heterocycles. The number of amides is 1. The summed E-state index contributed by atoms with van der Waals surface area (Å²) in [5.74, 6) is 0.635. The first kappa shape index (κ1) is 20.4. The van der Waals surface area contributed by atoms with Crippen LogP contribution in [0.15, 0.2) is 48.5 Å². The summed E-state index contributed by atoms with van der Waals surface area (Å²) in [7, 11) is -3.10. The molecule has 0 unspecified atom stereocenters. The molecule has 3 rings (SSSR count). The van der Waals surface area contributed by atoms with Crippen molar-refractivity contribution in [2.45, 2.75) is 45.9 Å². The first-order valence-corrected chi connectivity index (χ1v) is 11.4. The van der Waals surface area contributed by atoms with E-state index in [0.717, 1.165) is 16.7 Å². The number of rotatable bonds is 6. The average Bonchev–Trinajstić information content (AvgIpc) is 3.03. The van der Waals surface area contributed by atoms with Gasteiger partial charge in [0.15, 0.2) is 15.9 Å². The quantitative estimate of drug-likeness (QED) is 0.745. The number of benzene rings is 2. The second-order valence-electron chi connectivity index (χ2n) is 7.47. The Hall–Kier alpha value is -2.34. The summed E-state index contributed by atoms with van der Waals surface area (Å²) in [6, 6.07) is 15.1. The molecule has 0 radical (unpaired) electrons. The molecule has 2 aromatic rings. The van der Waals surface area contributed by atoms with Crippen LogP contribution < -0.4 is 4.74 Å². The summed E-state index contributed by atoms with van der Waals surface area (Å²) in [5, 5.41) is 0. The van der Waals surface area contributed by atoms with Crippen LogP contribution in [0.4, 0.5) is 0 Å². The van der Waals surface area contributed by atoms with Crippen molar-refractivity contribution in [2.75, 3.05) is 11.5 Å². The summed E-state index contributed by atoms with van der Waals surface area (Å²) < 4.78 is 30.0. The zero-order valence-electron chi connectivity index (χ0n) is 16.6. The van der Waals surface area contributed by atoms with Gasteiger partial charge in [0.1, 0.15) is 5.75 Å². The van der Waals surface area contributed by atoms with Gasteiger partial charge in [0.2, 0.25) is 0 Å². The Morgan fingerprint density at radius 3 is 2.50 bits per heavy atom. The minimum Gasteiger partial charge on any atom is -0.481 e. The van der Waals surface area contributed by atoms with Crippen LogP contribution >= 0.6 is 0 Å². The average molecular weight is 402 g/mol. The van der Waals surface area contributed by atoms with Crippen molar-refractivity contribution in [3.8, 4) is 5.75 Å². The van der Waals surface area contributed by atoms with Gasteiger partial charge in [-0.3, -0.25) is 4.79 Å². The standard InChI is InChI=1S/C22H27NO4S/c1-16-8-7-11-21(17(16)2)27-18(3)22(24)23(14-19-9-5-4-6-10-19)20-12-13-28(25,26)15-20/h4-11,18,20H,12-15H2,1-3H3/t18-,20-/m1/s1. The van der Waals surface area contributed by atoms with Crippen molar-refractivity contribution in [1.82, 2.24) is 4.90 Å². The molecule has 5 nitrogen and oxygen atoms in total. The van der Waals surface area contributed by atoms with Gasteiger partial charge < -0.3 is 9.64 Å². The largest absolute Gasteiger partial charge is 0.481 e. The number of aryl methyl sites for hydroxylation is 1. The second kappa shape index (κ2) is 8.35. The molecule has 28 heavy (non-hydrogen) atoms. The summed E-state index contributed by atoms with van der Waals surface area (Å²) in [4.78, 5) is 14.9. The molecule has 0 aliphatic carbocycles. The lowest BCUT2D eigenvalue weighted by atomic mass is 10.1. The van der Waals surface area contributed by atoms with Crippen LogP contribution in [0.25, 0.3) is 0 Å². The molecule has 0 spiro atoms. The first-order valence-electron chi connectivity index (χ1n) is 9.54. The van der Waals surface area contributed by atoms with Crippen LogP contribution in [0.1, 0.15) is 30.0 Å². The molecule has 6 heteroatoms. The highest BCUT2D eigenvalue weighted by atomic mass is 32.2. The summed E-state index contributed by atoms with van der Waals surface area (Å²) in [5.41, 5.74) is 3.07. The molecule has 1 heterocycles. The van der Waals surface area contributed by atoms with E-state index in [1.807, 2.05) is 62.4 Å². The molecular formula is C22H27NO4S. The molecule has 0 bridgehead atoms. The minimum atomic E-state index is -3.10. The fourth-order valence-corrected chi connectivity index (χ4v) is 5.25. The Morgan fingerprint density at radius 2 is 1.86 bits per heavy atom. The summed E-state index contributed by atoms with van der Waals surface area (Å²) in [6.45, 7) is 6.07. The number of nitrogens with zero attached hydrogens (tertiary/aromatic N) is 1. The van der Waals surface area contributed by atoms with Gasteiger partial charge >= 0.3 is 0 Å². The molecule has 0 saturated carbocycles. The minimum absolute atomic E-state index is 0.0156. The van der Waals surface area contributed by atoms with Crippen molar-refractivity contribution in [3.63, 3.8) is 0 Å². The van der Waals surface area contributed by atoms with Crippen LogP contribution in [0, 0.1) is 13.8 Å². The predicted molar refractivity (Wildman–Crippen MR) is 110 cm³/mol. The normalized spacial score (nSPS) is 19.2. The van der Waals surface area contributed by atoms with Crippen molar-refractivity contribution in [2.24, 2.45) is 0 Å². The van der Waals surface area contributed by atoms with E-state index in [1.165, 1.54) is 0 Å². The SMILES string of the molecule is Cc1cccc(O[C@H](C)C(=O)N(Cc2ccccc2)[C@@H]2CCS(=O)(=O)C2)c1C. The van der Waals surface area contributed by atoms with Crippen LogP contribution in [0.5, 0.6) is 5.75 Å². The lowest BCUT2D eigenvalue weighted by molar-refractivity contribution is -0.140. The molecule has 150 valence electrons. The Kier molecular flexibility index (Phi) is 6.08. The highest BCUT2D eigenvalue weighted by Gasteiger charge is 2.36. The molecule has 0 aromatic heterocycles. The monoisotopic (exact) mass is 401 g/mol. The van der Waals surface area contributed by atoms with Gasteiger partial charge in [-0.1, -0.05) is 42.5 Å². The van der Waals surface area contributed by atoms with E-state index in [2.05, 4.69) is 0 Å². The molecular weight excluding hydrogens is 374 g/mol. The van der Waals surface area contributed by atoms with Gasteiger partial charge in [-0.25, -0.2) is 8.42 Å². The van der Waals surface area contributed by atoms with Crippen LogP contribution in [0.3, 0.4) is 0 Å². The number of ether oxygens (including phenoxy) is 1. The van der Waals surface area contributed by atoms with E-state index in [0.29, 0.717) is 18.7 Å². The topological polar surface area (TPSA) is 63.7 Å². The summed E-state index contributed by atoms with van der Waals surface area (Å²) >= 11 is 0. The Balaban J connectivity index is 1.82. The molecule has 2 aromatic carbocycles. The van der Waals surface area contributed by atoms with Gasteiger partial charge in [-0.2, -0.15) is 0 Å². The van der Waals surface area contributed by atoms with Crippen LogP contribution in [-0.2, 0) is 21.2 Å². The third-order valence-corrected chi connectivity index (χ3v) is 7.08. The molecule has 1 fully saturated rings. The Labute approximate surface area is 167 Å². The molecule has 1 amide bonds. The molecule has 1 aliphatic rings. The number of hydrogen-bond acceptors (Lipinski definition) is 4. The maximum Gasteiger partial charge on any atom is 0.263 e. The van der Waals surface area contributed by atoms with E-state index in [4.69, 9.17) is 4.74 Å². The van der Waals surface area contributed by atoms with Gasteiger partial charge in [0.25, 0.3) is 5.91 Å². The Morgan fingerprint density at radius 1 is 1.14 bits per heavy atom. The third-order valence-electron chi connectivity index (χ3n) is 5.33. The summed E-state index contributed by atoms with van der Waals surface area (Å²) in [6.07, 6.45) is -0.232. The number of sulfone groups is 1. The smallest absolute Gasteiger partial charge is 0.263 e. The van der Waals surface area contributed by atoms with Crippen molar-refractivity contribution in [1.29, 1.82) is 0 Å². The molecule has 0 N–H and O–H groups in total. The predicted octanol–water partition coefficient (Wildman–Crippen LogP) is 3.29. The Bertz CT molecular complexity index is 940. The van der Waals surface area contributed by atoms with Crippen molar-refractivity contribution in [3.05, 3.63) is 65.2 Å². The molecule has 2 atom stereocenters. The van der Waals surface area contributed by atoms with Crippen molar-refractivity contribution < 1.29 is 17.9 Å². The maximum atomic E-state index is 13.3. The van der Waals surface area contributed by atoms with Gasteiger partial charge in [0, 0.05) is 12.6 Å².